The van der Waals surface area contributed by atoms with Crippen molar-refractivity contribution in [3.8, 4) is 0 Å². The molecule has 1 aliphatic heterocycles. The van der Waals surface area contributed by atoms with Gasteiger partial charge in [0.1, 0.15) is 12.4 Å². The summed E-state index contributed by atoms with van der Waals surface area (Å²) in [5, 5.41) is 3.47. The van der Waals surface area contributed by atoms with E-state index in [9.17, 15) is 4.79 Å². The van der Waals surface area contributed by atoms with E-state index in [4.69, 9.17) is 9.15 Å². The van der Waals surface area contributed by atoms with Crippen LogP contribution in [0.4, 0.5) is 10.5 Å². The average Bonchev–Trinajstić information content (AvgIpc) is 3.21. The molecule has 1 N–H and O–H groups in total. The van der Waals surface area contributed by atoms with E-state index in [2.05, 4.69) is 37.1 Å². The molecular formula is C18H23N3O3. The number of anilines is 1. The van der Waals surface area contributed by atoms with E-state index < -0.39 is 0 Å². The van der Waals surface area contributed by atoms with Crippen molar-refractivity contribution in [1.29, 1.82) is 0 Å². The fraction of sp³-hybridized carbons (Fsp3) is 0.444. The molecule has 2 heterocycles. The van der Waals surface area contributed by atoms with Crippen LogP contribution in [0.5, 0.6) is 0 Å². The molecule has 1 aliphatic rings. The van der Waals surface area contributed by atoms with Crippen LogP contribution in [0, 0.1) is 0 Å². The predicted octanol–water partition coefficient (Wildman–Crippen LogP) is 3.61. The van der Waals surface area contributed by atoms with Crippen molar-refractivity contribution in [2.24, 2.45) is 0 Å². The molecule has 24 heavy (non-hydrogen) atoms. The van der Waals surface area contributed by atoms with Crippen LogP contribution in [0.15, 0.2) is 35.1 Å². The van der Waals surface area contributed by atoms with Gasteiger partial charge in [-0.1, -0.05) is 26.0 Å². The number of rotatable bonds is 6. The van der Waals surface area contributed by atoms with Crippen molar-refractivity contribution in [2.75, 3.05) is 18.1 Å². The van der Waals surface area contributed by atoms with Gasteiger partial charge >= 0.3 is 6.09 Å². The molecule has 0 unspecified atom stereocenters. The molecule has 1 aromatic carbocycles. The number of hydrogen-bond donors (Lipinski definition) is 1. The molecule has 2 aromatic rings. The van der Waals surface area contributed by atoms with Crippen LogP contribution in [-0.2, 0) is 11.3 Å². The molecule has 0 radical (unpaired) electrons. The van der Waals surface area contributed by atoms with Gasteiger partial charge in [-0.15, -0.1) is 0 Å². The lowest BCUT2D eigenvalue weighted by Gasteiger charge is -2.18. The van der Waals surface area contributed by atoms with Crippen LogP contribution in [-0.4, -0.2) is 24.2 Å². The third-order valence-corrected chi connectivity index (χ3v) is 4.22. The summed E-state index contributed by atoms with van der Waals surface area (Å²) >= 11 is 0. The summed E-state index contributed by atoms with van der Waals surface area (Å²) in [5.41, 5.74) is 2.92. The smallest absolute Gasteiger partial charge is 0.414 e. The second kappa shape index (κ2) is 7.05. The molecular weight excluding hydrogens is 306 g/mol. The molecule has 1 fully saturated rings. The topological polar surface area (TPSA) is 67.6 Å². The van der Waals surface area contributed by atoms with E-state index in [1.54, 1.807) is 4.90 Å². The zero-order chi connectivity index (χ0) is 17.1. The average molecular weight is 329 g/mol. The van der Waals surface area contributed by atoms with Gasteiger partial charge in [-0.3, -0.25) is 4.90 Å². The number of amides is 1. The quantitative estimate of drug-likeness (QED) is 0.877. The zero-order valence-electron chi connectivity index (χ0n) is 14.3. The van der Waals surface area contributed by atoms with Crippen molar-refractivity contribution in [1.82, 2.24) is 10.3 Å². The maximum Gasteiger partial charge on any atom is 0.414 e. The Morgan fingerprint density at radius 3 is 2.88 bits per heavy atom. The highest BCUT2D eigenvalue weighted by Gasteiger charge is 2.24. The summed E-state index contributed by atoms with van der Waals surface area (Å²) in [5.74, 6) is 1.23. The Morgan fingerprint density at radius 1 is 1.33 bits per heavy atom. The number of carbonyl (C=O) groups excluding carboxylic acids is 1. The second-order valence-electron chi connectivity index (χ2n) is 6.28. The number of nitrogens with one attached hydrogen (secondary N) is 1. The van der Waals surface area contributed by atoms with Crippen LogP contribution < -0.4 is 10.2 Å². The number of aromatic nitrogens is 1. The SMILES string of the molecule is CC(C)c1ocnc1CN[C@H](C)c1cccc(N2CCOC2=O)c1. The number of benzene rings is 1. The Morgan fingerprint density at radius 2 is 2.17 bits per heavy atom. The molecule has 128 valence electrons. The van der Waals surface area contributed by atoms with E-state index >= 15 is 0 Å². The van der Waals surface area contributed by atoms with E-state index in [-0.39, 0.29) is 12.1 Å². The Balaban J connectivity index is 1.68. The van der Waals surface area contributed by atoms with Gasteiger partial charge < -0.3 is 14.5 Å². The van der Waals surface area contributed by atoms with E-state index in [0.717, 1.165) is 22.7 Å². The van der Waals surface area contributed by atoms with Crippen LogP contribution in [0.3, 0.4) is 0 Å². The Hall–Kier alpha value is -2.34. The van der Waals surface area contributed by atoms with E-state index in [0.29, 0.717) is 25.6 Å². The minimum Gasteiger partial charge on any atom is -0.448 e. The maximum absolute atomic E-state index is 11.7. The number of cyclic esters (lactones) is 1. The lowest BCUT2D eigenvalue weighted by atomic mass is 10.1. The first-order valence-electron chi connectivity index (χ1n) is 8.26. The lowest BCUT2D eigenvalue weighted by Crippen LogP contribution is -2.24. The van der Waals surface area contributed by atoms with Crippen LogP contribution in [0.1, 0.15) is 49.7 Å². The monoisotopic (exact) mass is 329 g/mol. The van der Waals surface area contributed by atoms with Crippen molar-refractivity contribution in [3.63, 3.8) is 0 Å². The van der Waals surface area contributed by atoms with Gasteiger partial charge in [-0.25, -0.2) is 9.78 Å². The summed E-state index contributed by atoms with van der Waals surface area (Å²) in [6.07, 6.45) is 1.22. The van der Waals surface area contributed by atoms with Crippen LogP contribution >= 0.6 is 0 Å². The maximum atomic E-state index is 11.7. The first kappa shape index (κ1) is 16.5. The Labute approximate surface area is 141 Å². The van der Waals surface area contributed by atoms with Gasteiger partial charge in [-0.2, -0.15) is 0 Å². The summed E-state index contributed by atoms with van der Waals surface area (Å²) < 4.78 is 10.5. The highest BCUT2D eigenvalue weighted by molar-refractivity contribution is 5.89. The summed E-state index contributed by atoms with van der Waals surface area (Å²) in [6.45, 7) is 7.96. The molecule has 1 atom stereocenters. The van der Waals surface area contributed by atoms with E-state index in [1.807, 2.05) is 18.2 Å². The standard InChI is InChI=1S/C18H23N3O3/c1-12(2)17-16(20-11-24-17)10-19-13(3)14-5-4-6-15(9-14)21-7-8-23-18(21)22/h4-6,9,11-13,19H,7-8,10H2,1-3H3/t13-/m1/s1. The molecule has 0 bridgehead atoms. The van der Waals surface area contributed by atoms with E-state index in [1.165, 1.54) is 6.39 Å². The molecule has 0 spiro atoms. The van der Waals surface area contributed by atoms with Gasteiger partial charge in [-0.05, 0) is 24.6 Å². The second-order valence-corrected chi connectivity index (χ2v) is 6.28. The molecule has 1 saturated heterocycles. The predicted molar refractivity (Wildman–Crippen MR) is 91.0 cm³/mol. The van der Waals surface area contributed by atoms with Crippen molar-refractivity contribution >= 4 is 11.8 Å². The van der Waals surface area contributed by atoms with Gasteiger partial charge in [0.25, 0.3) is 0 Å². The zero-order valence-corrected chi connectivity index (χ0v) is 14.3. The summed E-state index contributed by atoms with van der Waals surface area (Å²) in [4.78, 5) is 17.7. The largest absolute Gasteiger partial charge is 0.448 e. The Bertz CT molecular complexity index is 711. The molecule has 1 amide bonds. The van der Waals surface area contributed by atoms with Crippen molar-refractivity contribution < 1.29 is 13.9 Å². The van der Waals surface area contributed by atoms with Gasteiger partial charge in [0.2, 0.25) is 0 Å². The normalized spacial score (nSPS) is 15.8. The van der Waals surface area contributed by atoms with Crippen molar-refractivity contribution in [2.45, 2.75) is 39.3 Å². The first-order chi connectivity index (χ1) is 11.6. The summed E-state index contributed by atoms with van der Waals surface area (Å²) in [7, 11) is 0. The number of hydrogen-bond acceptors (Lipinski definition) is 5. The van der Waals surface area contributed by atoms with Crippen LogP contribution in [0.2, 0.25) is 0 Å². The van der Waals surface area contributed by atoms with Gasteiger partial charge in [0, 0.05) is 24.2 Å². The fourth-order valence-electron chi connectivity index (χ4n) is 2.84. The molecule has 0 saturated carbocycles. The molecule has 0 aliphatic carbocycles. The minimum absolute atomic E-state index is 0.125. The highest BCUT2D eigenvalue weighted by atomic mass is 16.6. The number of carbonyl (C=O) groups is 1. The van der Waals surface area contributed by atoms with Crippen molar-refractivity contribution in [3.05, 3.63) is 47.7 Å². The fourth-order valence-corrected chi connectivity index (χ4v) is 2.84. The molecule has 6 nitrogen and oxygen atoms in total. The summed E-state index contributed by atoms with van der Waals surface area (Å²) in [6, 6.07) is 8.09. The number of nitrogens with zero attached hydrogens (tertiary/aromatic N) is 2. The molecule has 6 heteroatoms. The minimum atomic E-state index is -0.281. The van der Waals surface area contributed by atoms with Gasteiger partial charge in [0.05, 0.1) is 12.2 Å². The first-order valence-corrected chi connectivity index (χ1v) is 8.26. The molecule has 1 aromatic heterocycles. The number of ether oxygens (including phenoxy) is 1. The number of oxazole rings is 1. The van der Waals surface area contributed by atoms with Gasteiger partial charge in [0.15, 0.2) is 6.39 Å². The third kappa shape index (κ3) is 3.43. The lowest BCUT2D eigenvalue weighted by molar-refractivity contribution is 0.181. The Kier molecular flexibility index (Phi) is 4.85. The highest BCUT2D eigenvalue weighted by Crippen LogP contribution is 2.24. The third-order valence-electron chi connectivity index (χ3n) is 4.22. The van der Waals surface area contributed by atoms with Crippen LogP contribution in [0.25, 0.3) is 0 Å². The molecule has 3 rings (SSSR count).